The van der Waals surface area contributed by atoms with E-state index in [0.717, 1.165) is 0 Å². The summed E-state index contributed by atoms with van der Waals surface area (Å²) in [7, 11) is 0. The number of alkyl halides is 3. The van der Waals surface area contributed by atoms with Crippen LogP contribution in [0.15, 0.2) is 0 Å². The molecule has 0 aliphatic carbocycles. The maximum atomic E-state index is 11.4. The fourth-order valence-corrected chi connectivity index (χ4v) is 0.517. The SMILES string of the molecule is CC(C)(C)OSC(F)(F)F. The molecule has 0 unspecified atom stereocenters. The molecular formula is C5H9F3OS. The van der Waals surface area contributed by atoms with Crippen LogP contribution in [0.25, 0.3) is 0 Å². The molecule has 0 amide bonds. The Morgan fingerprint density at radius 1 is 1.10 bits per heavy atom. The Labute approximate surface area is 62.1 Å². The number of halogens is 3. The van der Waals surface area contributed by atoms with Gasteiger partial charge in [0.1, 0.15) is 12.0 Å². The van der Waals surface area contributed by atoms with E-state index < -0.39 is 23.2 Å². The van der Waals surface area contributed by atoms with Crippen molar-refractivity contribution in [2.45, 2.75) is 31.9 Å². The van der Waals surface area contributed by atoms with Crippen LogP contribution in [0.3, 0.4) is 0 Å². The maximum absolute atomic E-state index is 11.4. The molecule has 0 aliphatic rings. The first-order valence-corrected chi connectivity index (χ1v) is 3.38. The van der Waals surface area contributed by atoms with Crippen LogP contribution < -0.4 is 0 Å². The van der Waals surface area contributed by atoms with Gasteiger partial charge in [-0.25, -0.2) is 0 Å². The summed E-state index contributed by atoms with van der Waals surface area (Å²) in [6.45, 7) is 4.68. The van der Waals surface area contributed by atoms with Crippen molar-refractivity contribution in [1.82, 2.24) is 0 Å². The van der Waals surface area contributed by atoms with Crippen molar-refractivity contribution in [3.05, 3.63) is 0 Å². The van der Waals surface area contributed by atoms with Gasteiger partial charge in [0.05, 0.1) is 5.60 Å². The average molecular weight is 174 g/mol. The van der Waals surface area contributed by atoms with Gasteiger partial charge in [-0.05, 0) is 20.8 Å². The van der Waals surface area contributed by atoms with E-state index in [0.29, 0.717) is 0 Å². The van der Waals surface area contributed by atoms with Crippen LogP contribution in [0.4, 0.5) is 13.2 Å². The minimum absolute atomic E-state index is 0.459. The van der Waals surface area contributed by atoms with Gasteiger partial charge in [0.25, 0.3) is 0 Å². The lowest BCUT2D eigenvalue weighted by Gasteiger charge is -2.18. The summed E-state index contributed by atoms with van der Waals surface area (Å²) in [5.74, 6) is 0. The Balaban J connectivity index is 3.56. The molecule has 0 aromatic rings. The molecule has 0 fully saturated rings. The van der Waals surface area contributed by atoms with E-state index in [1.807, 2.05) is 0 Å². The molecule has 0 rings (SSSR count). The minimum atomic E-state index is -4.30. The summed E-state index contributed by atoms with van der Waals surface area (Å²) in [6.07, 6.45) is 0. The summed E-state index contributed by atoms with van der Waals surface area (Å²) in [5, 5.41) is 0. The fourth-order valence-electron chi connectivity index (χ4n) is 0.172. The number of hydrogen-bond donors (Lipinski definition) is 0. The van der Waals surface area contributed by atoms with E-state index in [2.05, 4.69) is 4.18 Å². The zero-order valence-corrected chi connectivity index (χ0v) is 6.77. The van der Waals surface area contributed by atoms with Crippen LogP contribution in [0.5, 0.6) is 0 Å². The molecule has 5 heteroatoms. The minimum Gasteiger partial charge on any atom is -0.302 e. The van der Waals surface area contributed by atoms with Gasteiger partial charge in [0.2, 0.25) is 0 Å². The van der Waals surface area contributed by atoms with Gasteiger partial charge < -0.3 is 4.18 Å². The van der Waals surface area contributed by atoms with E-state index in [-0.39, 0.29) is 0 Å². The molecule has 0 radical (unpaired) electrons. The highest BCUT2D eigenvalue weighted by Crippen LogP contribution is 2.34. The van der Waals surface area contributed by atoms with Gasteiger partial charge in [-0.2, -0.15) is 13.2 Å². The van der Waals surface area contributed by atoms with Crippen molar-refractivity contribution in [1.29, 1.82) is 0 Å². The van der Waals surface area contributed by atoms with Crippen LogP contribution >= 0.6 is 12.0 Å². The largest absolute Gasteiger partial charge is 0.467 e. The van der Waals surface area contributed by atoms with Crippen molar-refractivity contribution < 1.29 is 17.4 Å². The molecule has 0 N–H and O–H groups in total. The predicted octanol–water partition coefficient (Wildman–Crippen LogP) is 2.97. The third-order valence-electron chi connectivity index (χ3n) is 0.386. The number of rotatable bonds is 1. The van der Waals surface area contributed by atoms with Crippen molar-refractivity contribution in [3.8, 4) is 0 Å². The summed E-state index contributed by atoms with van der Waals surface area (Å²) < 4.78 is 38.7. The second-order valence-electron chi connectivity index (χ2n) is 2.72. The third-order valence-corrected chi connectivity index (χ3v) is 1.16. The monoisotopic (exact) mass is 174 g/mol. The quantitative estimate of drug-likeness (QED) is 0.565. The zero-order chi connectivity index (χ0) is 8.41. The van der Waals surface area contributed by atoms with Gasteiger partial charge in [0.15, 0.2) is 0 Å². The van der Waals surface area contributed by atoms with Crippen molar-refractivity contribution in [2.24, 2.45) is 0 Å². The van der Waals surface area contributed by atoms with E-state index in [1.165, 1.54) is 0 Å². The number of hydrogen-bond acceptors (Lipinski definition) is 2. The van der Waals surface area contributed by atoms with Gasteiger partial charge in [-0.1, -0.05) is 0 Å². The van der Waals surface area contributed by atoms with E-state index in [4.69, 9.17) is 0 Å². The topological polar surface area (TPSA) is 9.23 Å². The molecule has 0 spiro atoms. The van der Waals surface area contributed by atoms with E-state index in [9.17, 15) is 13.2 Å². The summed E-state index contributed by atoms with van der Waals surface area (Å²) >= 11 is -0.459. The Kier molecular flexibility index (Phi) is 3.03. The van der Waals surface area contributed by atoms with Crippen LogP contribution in [0, 0.1) is 0 Å². The molecule has 10 heavy (non-hydrogen) atoms. The fraction of sp³-hybridized carbons (Fsp3) is 1.00. The lowest BCUT2D eigenvalue weighted by Crippen LogP contribution is -2.17. The molecule has 0 saturated carbocycles. The molecule has 62 valence electrons. The third kappa shape index (κ3) is 8.10. The summed E-state index contributed by atoms with van der Waals surface area (Å²) in [4.78, 5) is 0. The Morgan fingerprint density at radius 3 is 1.60 bits per heavy atom. The predicted molar refractivity (Wildman–Crippen MR) is 34.5 cm³/mol. The van der Waals surface area contributed by atoms with Crippen molar-refractivity contribution >= 4 is 12.0 Å². The van der Waals surface area contributed by atoms with Crippen molar-refractivity contribution in [3.63, 3.8) is 0 Å². The van der Waals surface area contributed by atoms with Crippen LogP contribution in [-0.4, -0.2) is 11.1 Å². The highest BCUT2D eigenvalue weighted by atomic mass is 32.2. The molecule has 0 saturated heterocycles. The lowest BCUT2D eigenvalue weighted by atomic mass is 10.2. The molecule has 0 heterocycles. The zero-order valence-electron chi connectivity index (χ0n) is 5.95. The lowest BCUT2D eigenvalue weighted by molar-refractivity contribution is -0.0445. The maximum Gasteiger partial charge on any atom is 0.467 e. The van der Waals surface area contributed by atoms with Gasteiger partial charge in [-0.3, -0.25) is 0 Å². The van der Waals surface area contributed by atoms with Gasteiger partial charge in [-0.15, -0.1) is 0 Å². The summed E-state index contributed by atoms with van der Waals surface area (Å²) in [5.41, 5.74) is -5.05. The second-order valence-corrected chi connectivity index (χ2v) is 3.52. The molecule has 0 aromatic carbocycles. The van der Waals surface area contributed by atoms with Crippen LogP contribution in [-0.2, 0) is 4.18 Å². The summed E-state index contributed by atoms with van der Waals surface area (Å²) in [6, 6.07) is 0. The van der Waals surface area contributed by atoms with Gasteiger partial charge in [0, 0.05) is 0 Å². The molecule has 0 aromatic heterocycles. The smallest absolute Gasteiger partial charge is 0.302 e. The second kappa shape index (κ2) is 3.00. The Morgan fingerprint density at radius 2 is 1.50 bits per heavy atom. The first-order chi connectivity index (χ1) is 4.21. The molecular weight excluding hydrogens is 165 g/mol. The van der Waals surface area contributed by atoms with E-state index >= 15 is 0 Å². The van der Waals surface area contributed by atoms with E-state index in [1.54, 1.807) is 20.8 Å². The molecule has 0 atom stereocenters. The molecule has 0 bridgehead atoms. The normalized spacial score (nSPS) is 13.8. The average Bonchev–Trinajstić information content (AvgIpc) is 1.57. The first-order valence-electron chi connectivity index (χ1n) is 2.64. The standard InChI is InChI=1S/C5H9F3OS/c1-4(2,3)9-10-5(6,7)8/h1-3H3. The van der Waals surface area contributed by atoms with Crippen molar-refractivity contribution in [2.75, 3.05) is 0 Å². The first kappa shape index (κ1) is 10.1. The molecule has 0 aliphatic heterocycles. The van der Waals surface area contributed by atoms with Gasteiger partial charge >= 0.3 is 5.51 Å². The highest BCUT2D eigenvalue weighted by Gasteiger charge is 2.32. The van der Waals surface area contributed by atoms with Crippen LogP contribution in [0.2, 0.25) is 0 Å². The van der Waals surface area contributed by atoms with Crippen LogP contribution in [0.1, 0.15) is 20.8 Å². The highest BCUT2D eigenvalue weighted by molar-refractivity contribution is 7.95. The Bertz CT molecular complexity index is 90.4. The Hall–Kier alpha value is 0.100. The molecule has 1 nitrogen and oxygen atoms in total.